The number of piperidine rings is 1. The van der Waals surface area contributed by atoms with Crippen molar-refractivity contribution < 1.29 is 13.5 Å². The lowest BCUT2D eigenvalue weighted by Crippen LogP contribution is -2.43. The van der Waals surface area contributed by atoms with Crippen LogP contribution in [0.3, 0.4) is 0 Å². The molecule has 0 amide bonds. The Morgan fingerprint density at radius 3 is 2.52 bits per heavy atom. The Kier molecular flexibility index (Phi) is 4.16. The van der Waals surface area contributed by atoms with Gasteiger partial charge in [-0.3, -0.25) is 14.5 Å². The van der Waals surface area contributed by atoms with Crippen LogP contribution in [0.25, 0.3) is 22.3 Å². The summed E-state index contributed by atoms with van der Waals surface area (Å²) in [6, 6.07) is 3.11. The number of benzene rings is 1. The van der Waals surface area contributed by atoms with Crippen LogP contribution in [0.1, 0.15) is 19.3 Å². The molecule has 0 bridgehead atoms. The van der Waals surface area contributed by atoms with E-state index < -0.39 is 11.6 Å². The molecule has 2 aliphatic heterocycles. The Balaban J connectivity index is 1.53. The monoisotopic (exact) mass is 401 g/mol. The molecule has 7 nitrogen and oxygen atoms in total. The smallest absolute Gasteiger partial charge is 0.266 e. The van der Waals surface area contributed by atoms with Gasteiger partial charge in [0, 0.05) is 38.4 Å². The molecular formula is C20H21F2N5O2. The SMILES string of the molecule is Cn1c(N2CCC3(CCOC3)CC2)nc2n[nH]c(-c3cc(F)cc(F)c3)c2c1=O. The fourth-order valence-corrected chi connectivity index (χ4v) is 4.46. The second-order valence-electron chi connectivity index (χ2n) is 8.02. The van der Waals surface area contributed by atoms with E-state index in [4.69, 9.17) is 4.74 Å². The van der Waals surface area contributed by atoms with Gasteiger partial charge in [-0.1, -0.05) is 0 Å². The van der Waals surface area contributed by atoms with Crippen LogP contribution in [0.15, 0.2) is 23.0 Å². The molecule has 4 heterocycles. The maximum Gasteiger partial charge on any atom is 0.266 e. The molecule has 0 aliphatic carbocycles. The van der Waals surface area contributed by atoms with E-state index in [0.29, 0.717) is 5.95 Å². The number of nitrogens with one attached hydrogen (secondary N) is 1. The van der Waals surface area contributed by atoms with Gasteiger partial charge in [-0.05, 0) is 36.8 Å². The molecule has 1 aromatic carbocycles. The summed E-state index contributed by atoms with van der Waals surface area (Å²) in [6.45, 7) is 3.21. The van der Waals surface area contributed by atoms with Crippen LogP contribution in [0, 0.1) is 17.0 Å². The number of aromatic nitrogens is 4. The topological polar surface area (TPSA) is 76.0 Å². The molecule has 0 saturated carbocycles. The number of anilines is 1. The Morgan fingerprint density at radius 2 is 1.86 bits per heavy atom. The minimum atomic E-state index is -0.720. The summed E-state index contributed by atoms with van der Waals surface area (Å²) >= 11 is 0. The number of H-pyrrole nitrogens is 1. The van der Waals surface area contributed by atoms with Crippen LogP contribution in [-0.4, -0.2) is 46.1 Å². The van der Waals surface area contributed by atoms with Gasteiger partial charge in [-0.25, -0.2) is 8.78 Å². The van der Waals surface area contributed by atoms with E-state index in [1.165, 1.54) is 4.57 Å². The highest BCUT2D eigenvalue weighted by molar-refractivity contribution is 5.90. The molecule has 0 unspecified atom stereocenters. The van der Waals surface area contributed by atoms with Crippen molar-refractivity contribution in [3.05, 3.63) is 40.2 Å². The molecule has 152 valence electrons. The number of nitrogens with zero attached hydrogens (tertiary/aromatic N) is 4. The molecule has 2 aromatic heterocycles. The highest BCUT2D eigenvalue weighted by Crippen LogP contribution is 2.39. The molecule has 2 fully saturated rings. The first-order valence-corrected chi connectivity index (χ1v) is 9.70. The molecule has 2 saturated heterocycles. The zero-order valence-electron chi connectivity index (χ0n) is 16.0. The zero-order chi connectivity index (χ0) is 20.2. The fraction of sp³-hybridized carbons (Fsp3) is 0.450. The largest absolute Gasteiger partial charge is 0.381 e. The van der Waals surface area contributed by atoms with Gasteiger partial charge in [0.1, 0.15) is 17.0 Å². The normalized spacial score (nSPS) is 18.8. The second-order valence-corrected chi connectivity index (χ2v) is 8.02. The average Bonchev–Trinajstić information content (AvgIpc) is 3.32. The summed E-state index contributed by atoms with van der Waals surface area (Å²) in [5.74, 6) is -0.885. The van der Waals surface area contributed by atoms with Gasteiger partial charge in [-0.15, -0.1) is 0 Å². The lowest BCUT2D eigenvalue weighted by molar-refractivity contribution is 0.133. The second kappa shape index (κ2) is 6.62. The van der Waals surface area contributed by atoms with Crippen LogP contribution in [0.4, 0.5) is 14.7 Å². The van der Waals surface area contributed by atoms with Gasteiger partial charge in [0.2, 0.25) is 5.95 Å². The van der Waals surface area contributed by atoms with Crippen molar-refractivity contribution in [2.75, 3.05) is 31.2 Å². The number of rotatable bonds is 2. The van der Waals surface area contributed by atoms with Crippen molar-refractivity contribution in [1.82, 2.24) is 19.7 Å². The highest BCUT2D eigenvalue weighted by atomic mass is 19.1. The van der Waals surface area contributed by atoms with Crippen LogP contribution < -0.4 is 10.5 Å². The van der Waals surface area contributed by atoms with E-state index in [0.717, 1.165) is 63.8 Å². The van der Waals surface area contributed by atoms with Crippen molar-refractivity contribution >= 4 is 17.0 Å². The van der Waals surface area contributed by atoms with E-state index in [9.17, 15) is 13.6 Å². The summed E-state index contributed by atoms with van der Waals surface area (Å²) in [7, 11) is 1.66. The average molecular weight is 401 g/mol. The van der Waals surface area contributed by atoms with E-state index in [2.05, 4.69) is 20.1 Å². The van der Waals surface area contributed by atoms with Crippen LogP contribution >= 0.6 is 0 Å². The molecule has 0 radical (unpaired) electrons. The molecule has 2 aliphatic rings. The number of hydrogen-bond donors (Lipinski definition) is 1. The van der Waals surface area contributed by atoms with Gasteiger partial charge in [0.25, 0.3) is 5.56 Å². The Hall–Kier alpha value is -2.81. The first-order valence-electron chi connectivity index (χ1n) is 9.70. The maximum absolute atomic E-state index is 13.6. The van der Waals surface area contributed by atoms with Crippen LogP contribution in [0.5, 0.6) is 0 Å². The summed E-state index contributed by atoms with van der Waals surface area (Å²) in [5, 5.41) is 7.09. The third-order valence-corrected chi connectivity index (χ3v) is 6.21. The molecule has 29 heavy (non-hydrogen) atoms. The summed E-state index contributed by atoms with van der Waals surface area (Å²) < 4.78 is 34.4. The number of hydrogen-bond acceptors (Lipinski definition) is 5. The molecule has 0 atom stereocenters. The van der Waals surface area contributed by atoms with Gasteiger partial charge < -0.3 is 9.64 Å². The molecule has 3 aromatic rings. The minimum absolute atomic E-state index is 0.220. The summed E-state index contributed by atoms with van der Waals surface area (Å²) in [4.78, 5) is 19.8. The number of fused-ring (bicyclic) bond motifs is 1. The van der Waals surface area contributed by atoms with E-state index in [1.54, 1.807) is 7.05 Å². The number of aromatic amines is 1. The summed E-state index contributed by atoms with van der Waals surface area (Å²) in [6.07, 6.45) is 3.07. The van der Waals surface area contributed by atoms with E-state index in [-0.39, 0.29) is 33.3 Å². The predicted molar refractivity (Wildman–Crippen MR) is 104 cm³/mol. The molecular weight excluding hydrogens is 380 g/mol. The van der Waals surface area contributed by atoms with E-state index >= 15 is 0 Å². The number of ether oxygens (including phenoxy) is 1. The zero-order valence-corrected chi connectivity index (χ0v) is 16.0. The van der Waals surface area contributed by atoms with Crippen molar-refractivity contribution in [2.45, 2.75) is 19.3 Å². The quantitative estimate of drug-likeness (QED) is 0.715. The molecule has 5 rings (SSSR count). The van der Waals surface area contributed by atoms with Gasteiger partial charge in [0.05, 0.1) is 12.3 Å². The lowest BCUT2D eigenvalue weighted by Gasteiger charge is -2.39. The molecule has 9 heteroatoms. The minimum Gasteiger partial charge on any atom is -0.381 e. The Morgan fingerprint density at radius 1 is 1.14 bits per heavy atom. The van der Waals surface area contributed by atoms with E-state index in [1.807, 2.05) is 0 Å². The van der Waals surface area contributed by atoms with Crippen molar-refractivity contribution in [3.8, 4) is 11.3 Å². The fourth-order valence-electron chi connectivity index (χ4n) is 4.46. The van der Waals surface area contributed by atoms with Gasteiger partial charge in [0.15, 0.2) is 5.65 Å². The first-order chi connectivity index (χ1) is 14.0. The maximum atomic E-state index is 13.6. The standard InChI is InChI=1S/C20H21F2N5O2/c1-26-18(28)15-16(12-8-13(21)10-14(22)9-12)24-25-17(15)23-19(26)27-5-2-20(3-6-27)4-7-29-11-20/h8-10H,2-7,11H2,1H3,(H,24,25). The van der Waals surface area contributed by atoms with Gasteiger partial charge >= 0.3 is 0 Å². The first kappa shape index (κ1) is 18.2. The molecule has 1 spiro atoms. The third kappa shape index (κ3) is 3.00. The van der Waals surface area contributed by atoms with Gasteiger partial charge in [-0.2, -0.15) is 10.1 Å². The predicted octanol–water partition coefficient (Wildman–Crippen LogP) is 2.61. The van der Waals surface area contributed by atoms with Crippen LogP contribution in [-0.2, 0) is 11.8 Å². The Labute approximate surface area is 165 Å². The van der Waals surface area contributed by atoms with Crippen molar-refractivity contribution in [2.24, 2.45) is 12.5 Å². The van der Waals surface area contributed by atoms with Crippen molar-refractivity contribution in [3.63, 3.8) is 0 Å². The number of halogens is 2. The molecule has 1 N–H and O–H groups in total. The summed E-state index contributed by atoms with van der Waals surface area (Å²) in [5.41, 5.74) is 0.673. The van der Waals surface area contributed by atoms with Crippen molar-refractivity contribution in [1.29, 1.82) is 0 Å². The Bertz CT molecular complexity index is 1120. The third-order valence-electron chi connectivity index (χ3n) is 6.21. The van der Waals surface area contributed by atoms with Crippen LogP contribution in [0.2, 0.25) is 0 Å². The lowest BCUT2D eigenvalue weighted by atomic mass is 9.78. The highest BCUT2D eigenvalue weighted by Gasteiger charge is 2.38.